The number of allylic oxidation sites excluding steroid dienone is 4. The normalized spacial score (nSPS) is 16.1. The number of hydrogen-bond donors (Lipinski definition) is 0. The van der Waals surface area contributed by atoms with Gasteiger partial charge in [-0.25, -0.2) is 0 Å². The van der Waals surface area contributed by atoms with Crippen LogP contribution in [0.4, 0.5) is 28.4 Å². The topological polar surface area (TPSA) is 6.48 Å². The van der Waals surface area contributed by atoms with Gasteiger partial charge >= 0.3 is 0 Å². The van der Waals surface area contributed by atoms with Gasteiger partial charge in [0.05, 0.1) is 22.7 Å². The maximum atomic E-state index is 3.94. The number of rotatable bonds is 6. The lowest BCUT2D eigenvalue weighted by Gasteiger charge is -2.42. The summed E-state index contributed by atoms with van der Waals surface area (Å²) in [6.07, 6.45) is 8.20. The van der Waals surface area contributed by atoms with Crippen molar-refractivity contribution < 1.29 is 0 Å². The summed E-state index contributed by atoms with van der Waals surface area (Å²) in [6, 6.07) is 61.8. The Morgan fingerprint density at radius 2 is 0.891 bits per heavy atom. The second kappa shape index (κ2) is 14.4. The Labute approximate surface area is 379 Å². The van der Waals surface area contributed by atoms with Gasteiger partial charge in [-0.05, 0) is 151 Å². The Bertz CT molecular complexity index is 3300. The predicted molar refractivity (Wildman–Crippen MR) is 273 cm³/mol. The Kier molecular flexibility index (Phi) is 8.95. The van der Waals surface area contributed by atoms with Crippen LogP contribution in [-0.4, -0.2) is 0 Å². The molecular formula is C62H54N2. The van der Waals surface area contributed by atoms with Crippen molar-refractivity contribution in [1.29, 1.82) is 0 Å². The molecule has 11 rings (SSSR count). The highest BCUT2D eigenvalue weighted by molar-refractivity contribution is 5.94. The van der Waals surface area contributed by atoms with E-state index in [2.05, 4.69) is 241 Å². The average molecular weight is 827 g/mol. The van der Waals surface area contributed by atoms with Gasteiger partial charge in [0.15, 0.2) is 0 Å². The molecule has 0 N–H and O–H groups in total. The van der Waals surface area contributed by atoms with Gasteiger partial charge < -0.3 is 9.80 Å². The van der Waals surface area contributed by atoms with E-state index in [1.165, 1.54) is 106 Å². The number of para-hydroxylation sites is 2. The first kappa shape index (κ1) is 39.7. The summed E-state index contributed by atoms with van der Waals surface area (Å²) >= 11 is 0. The van der Waals surface area contributed by atoms with Crippen molar-refractivity contribution in [3.8, 4) is 33.4 Å². The molecule has 2 heterocycles. The van der Waals surface area contributed by atoms with Gasteiger partial charge in [-0.15, -0.1) is 0 Å². The molecule has 0 spiro atoms. The largest absolute Gasteiger partial charge is 0.310 e. The molecule has 8 aromatic rings. The van der Waals surface area contributed by atoms with Crippen LogP contribution in [0.2, 0.25) is 0 Å². The first-order valence-corrected chi connectivity index (χ1v) is 22.7. The van der Waals surface area contributed by atoms with E-state index in [0.29, 0.717) is 0 Å². The fraction of sp³-hybridized carbons (Fsp3) is 0.161. The highest BCUT2D eigenvalue weighted by atomic mass is 15.2. The van der Waals surface area contributed by atoms with Crippen LogP contribution in [0.1, 0.15) is 81.8 Å². The molecule has 2 nitrogen and oxygen atoms in total. The minimum atomic E-state index is -0.191. The molecule has 0 unspecified atom stereocenters. The molecule has 0 atom stereocenters. The number of nitrogens with zero attached hydrogens (tertiary/aromatic N) is 2. The summed E-state index contributed by atoms with van der Waals surface area (Å²) in [5, 5.41) is 2.50. The van der Waals surface area contributed by atoms with Crippen molar-refractivity contribution in [3.63, 3.8) is 0 Å². The van der Waals surface area contributed by atoms with Crippen LogP contribution in [0, 0.1) is 0 Å². The van der Waals surface area contributed by atoms with Gasteiger partial charge in [-0.1, -0.05) is 169 Å². The molecule has 1 aliphatic carbocycles. The van der Waals surface area contributed by atoms with Crippen molar-refractivity contribution >= 4 is 39.2 Å². The molecule has 312 valence electrons. The monoisotopic (exact) mass is 826 g/mol. The quantitative estimate of drug-likeness (QED) is 0.154. The van der Waals surface area contributed by atoms with Crippen molar-refractivity contribution in [2.75, 3.05) is 9.80 Å². The van der Waals surface area contributed by atoms with Crippen LogP contribution in [-0.2, 0) is 16.2 Å². The SMILES string of the molecule is C=C/C=C\C(=C/C)N1c2ccccc2C(C)(C)c2cc(-c3ccc4c(c3)C(C)(C)c3cc(-c5ccc6c(c5)C(C)(C)c5ccccc5N6c5ccc6ccccc6c5)ccc3-4)ccc21. The summed E-state index contributed by atoms with van der Waals surface area (Å²) in [6.45, 7) is 20.4. The van der Waals surface area contributed by atoms with Gasteiger partial charge in [0, 0.05) is 27.6 Å². The third kappa shape index (κ3) is 5.85. The lowest BCUT2D eigenvalue weighted by Crippen LogP contribution is -2.32. The fourth-order valence-corrected chi connectivity index (χ4v) is 11.2. The molecule has 0 fully saturated rings. The van der Waals surface area contributed by atoms with E-state index >= 15 is 0 Å². The molecule has 2 heteroatoms. The predicted octanol–water partition coefficient (Wildman–Crippen LogP) is 17.0. The van der Waals surface area contributed by atoms with Gasteiger partial charge in [-0.3, -0.25) is 0 Å². The maximum absolute atomic E-state index is 3.94. The van der Waals surface area contributed by atoms with Gasteiger partial charge in [-0.2, -0.15) is 0 Å². The van der Waals surface area contributed by atoms with Crippen LogP contribution >= 0.6 is 0 Å². The molecule has 8 aromatic carbocycles. The van der Waals surface area contributed by atoms with E-state index in [4.69, 9.17) is 0 Å². The highest BCUT2D eigenvalue weighted by Gasteiger charge is 2.40. The Morgan fingerprint density at radius 1 is 0.438 bits per heavy atom. The van der Waals surface area contributed by atoms with E-state index in [-0.39, 0.29) is 16.2 Å². The van der Waals surface area contributed by atoms with E-state index in [0.717, 1.165) is 5.70 Å². The summed E-state index contributed by atoms with van der Waals surface area (Å²) in [5.74, 6) is 0. The number of anilines is 5. The summed E-state index contributed by atoms with van der Waals surface area (Å²) in [5.41, 5.74) is 22.3. The Balaban J connectivity index is 0.966. The summed E-state index contributed by atoms with van der Waals surface area (Å²) < 4.78 is 0. The minimum Gasteiger partial charge on any atom is -0.310 e. The second-order valence-corrected chi connectivity index (χ2v) is 19.4. The first-order valence-electron chi connectivity index (χ1n) is 22.7. The van der Waals surface area contributed by atoms with Crippen molar-refractivity contribution in [2.24, 2.45) is 0 Å². The minimum absolute atomic E-state index is 0.183. The van der Waals surface area contributed by atoms with Gasteiger partial charge in [0.2, 0.25) is 0 Å². The van der Waals surface area contributed by atoms with Crippen LogP contribution in [0.15, 0.2) is 200 Å². The van der Waals surface area contributed by atoms with E-state index in [1.54, 1.807) is 0 Å². The third-order valence-electron chi connectivity index (χ3n) is 14.7. The molecular weight excluding hydrogens is 773 g/mol. The zero-order valence-electron chi connectivity index (χ0n) is 38.0. The Morgan fingerprint density at radius 3 is 1.50 bits per heavy atom. The van der Waals surface area contributed by atoms with Crippen molar-refractivity contribution in [1.82, 2.24) is 0 Å². The highest BCUT2D eigenvalue weighted by Crippen LogP contribution is 2.56. The number of benzene rings is 8. The Hall–Kier alpha value is -7.16. The number of fused-ring (bicyclic) bond motifs is 8. The molecule has 2 aliphatic heterocycles. The van der Waals surface area contributed by atoms with Crippen LogP contribution in [0.5, 0.6) is 0 Å². The van der Waals surface area contributed by atoms with Crippen molar-refractivity contribution in [3.05, 3.63) is 234 Å². The maximum Gasteiger partial charge on any atom is 0.0503 e. The molecule has 3 aliphatic rings. The lowest BCUT2D eigenvalue weighted by atomic mass is 9.72. The molecule has 0 saturated carbocycles. The smallest absolute Gasteiger partial charge is 0.0503 e. The summed E-state index contributed by atoms with van der Waals surface area (Å²) in [4.78, 5) is 4.87. The first-order chi connectivity index (χ1) is 30.9. The molecule has 0 aromatic heterocycles. The van der Waals surface area contributed by atoms with Crippen LogP contribution in [0.25, 0.3) is 44.2 Å². The molecule has 0 amide bonds. The second-order valence-electron chi connectivity index (χ2n) is 19.4. The average Bonchev–Trinajstić information content (AvgIpc) is 3.54. The molecule has 0 saturated heterocycles. The van der Waals surface area contributed by atoms with E-state index in [9.17, 15) is 0 Å². The van der Waals surface area contributed by atoms with Crippen LogP contribution < -0.4 is 9.80 Å². The third-order valence-corrected chi connectivity index (χ3v) is 14.7. The van der Waals surface area contributed by atoms with E-state index < -0.39 is 0 Å². The van der Waals surface area contributed by atoms with Gasteiger partial charge in [0.25, 0.3) is 0 Å². The van der Waals surface area contributed by atoms with Crippen LogP contribution in [0.3, 0.4) is 0 Å². The zero-order valence-corrected chi connectivity index (χ0v) is 38.0. The molecule has 64 heavy (non-hydrogen) atoms. The molecule has 0 bridgehead atoms. The van der Waals surface area contributed by atoms with Crippen molar-refractivity contribution in [2.45, 2.75) is 64.7 Å². The lowest BCUT2D eigenvalue weighted by molar-refractivity contribution is 0.630. The fourth-order valence-electron chi connectivity index (χ4n) is 11.2. The summed E-state index contributed by atoms with van der Waals surface area (Å²) in [7, 11) is 0. The molecule has 0 radical (unpaired) electrons. The standard InChI is InChI=1S/C62H54N2/c1-9-11-20-46(10-2)63-56-23-16-14-21-50(56)60(3,4)54-38-44(28-33-58(54)63)42-26-31-48-49-32-27-43(37-53(49)62(7,8)52(48)36-42)45-29-34-59-55(39-45)61(5,6)51-22-15-17-24-57(51)64(59)47-30-25-40-18-12-13-19-41(40)35-47/h9-39H,1H2,2-8H3/b20-11-,46-10+. The number of hydrogen-bond acceptors (Lipinski definition) is 2. The van der Waals surface area contributed by atoms with E-state index in [1.807, 2.05) is 12.2 Å². The zero-order chi connectivity index (χ0) is 44.1. The van der Waals surface area contributed by atoms with Gasteiger partial charge in [0.1, 0.15) is 0 Å².